The summed E-state index contributed by atoms with van der Waals surface area (Å²) >= 11 is 5.78. The fourth-order valence-electron chi connectivity index (χ4n) is 1.97. The Morgan fingerprint density at radius 3 is 2.44 bits per heavy atom. The van der Waals surface area contributed by atoms with Gasteiger partial charge in [-0.3, -0.25) is 9.59 Å². The van der Waals surface area contributed by atoms with Gasteiger partial charge in [0, 0.05) is 10.6 Å². The van der Waals surface area contributed by atoms with Crippen LogP contribution in [-0.2, 0) is 4.79 Å². The van der Waals surface area contributed by atoms with E-state index in [-0.39, 0.29) is 5.78 Å². The van der Waals surface area contributed by atoms with Gasteiger partial charge in [0.2, 0.25) is 0 Å². The SMILES string of the molecule is O=C(O)C1(C(=O)c2cccc(Cl)c2)CCC1. The fourth-order valence-corrected chi connectivity index (χ4v) is 2.16. The van der Waals surface area contributed by atoms with Gasteiger partial charge in [0.25, 0.3) is 0 Å². The van der Waals surface area contributed by atoms with Crippen molar-refractivity contribution in [1.29, 1.82) is 0 Å². The standard InChI is InChI=1S/C12H11ClO3/c13-9-4-1-3-8(7-9)10(14)12(11(15)16)5-2-6-12/h1,3-4,7H,2,5-6H2,(H,15,16). The minimum Gasteiger partial charge on any atom is -0.480 e. The Hall–Kier alpha value is -1.35. The molecule has 3 nitrogen and oxygen atoms in total. The van der Waals surface area contributed by atoms with Gasteiger partial charge in [0.1, 0.15) is 5.41 Å². The van der Waals surface area contributed by atoms with Crippen molar-refractivity contribution >= 4 is 23.4 Å². The molecule has 1 aliphatic rings. The van der Waals surface area contributed by atoms with E-state index in [0.717, 1.165) is 6.42 Å². The summed E-state index contributed by atoms with van der Waals surface area (Å²) in [5.41, 5.74) is -0.820. The number of hydrogen-bond acceptors (Lipinski definition) is 2. The quantitative estimate of drug-likeness (QED) is 0.651. The molecule has 1 aromatic carbocycles. The molecule has 0 heterocycles. The molecule has 2 rings (SSSR count). The molecule has 0 aliphatic heterocycles. The topological polar surface area (TPSA) is 54.4 Å². The van der Waals surface area contributed by atoms with E-state index in [4.69, 9.17) is 16.7 Å². The fraction of sp³-hybridized carbons (Fsp3) is 0.333. The Morgan fingerprint density at radius 2 is 2.00 bits per heavy atom. The Morgan fingerprint density at radius 1 is 1.31 bits per heavy atom. The van der Waals surface area contributed by atoms with E-state index in [0.29, 0.717) is 23.4 Å². The highest BCUT2D eigenvalue weighted by atomic mass is 35.5. The van der Waals surface area contributed by atoms with Crippen LogP contribution >= 0.6 is 11.6 Å². The third-order valence-corrected chi connectivity index (χ3v) is 3.37. The molecular weight excluding hydrogens is 228 g/mol. The lowest BCUT2D eigenvalue weighted by Gasteiger charge is -2.35. The number of carbonyl (C=O) groups excluding carboxylic acids is 1. The number of ketones is 1. The molecule has 0 bridgehead atoms. The van der Waals surface area contributed by atoms with E-state index in [2.05, 4.69) is 0 Å². The number of carbonyl (C=O) groups is 2. The monoisotopic (exact) mass is 238 g/mol. The van der Waals surface area contributed by atoms with Gasteiger partial charge in [-0.05, 0) is 25.0 Å². The predicted octanol–water partition coefficient (Wildman–Crippen LogP) is 2.78. The van der Waals surface area contributed by atoms with Crippen molar-refractivity contribution in [2.75, 3.05) is 0 Å². The average Bonchev–Trinajstić information content (AvgIpc) is 2.15. The summed E-state index contributed by atoms with van der Waals surface area (Å²) in [6.07, 6.45) is 1.64. The van der Waals surface area contributed by atoms with Crippen molar-refractivity contribution in [2.24, 2.45) is 5.41 Å². The summed E-state index contributed by atoms with van der Waals surface area (Å²) in [6.45, 7) is 0. The zero-order valence-corrected chi connectivity index (χ0v) is 9.33. The van der Waals surface area contributed by atoms with Crippen LogP contribution in [0.2, 0.25) is 5.02 Å². The number of benzene rings is 1. The van der Waals surface area contributed by atoms with Crippen LogP contribution in [-0.4, -0.2) is 16.9 Å². The normalized spacial score (nSPS) is 17.6. The van der Waals surface area contributed by atoms with Gasteiger partial charge in [-0.1, -0.05) is 30.2 Å². The van der Waals surface area contributed by atoms with Crippen molar-refractivity contribution in [3.8, 4) is 0 Å². The van der Waals surface area contributed by atoms with Crippen LogP contribution in [0.4, 0.5) is 0 Å². The van der Waals surface area contributed by atoms with Gasteiger partial charge in [-0.2, -0.15) is 0 Å². The average molecular weight is 239 g/mol. The van der Waals surface area contributed by atoms with Gasteiger partial charge in [-0.15, -0.1) is 0 Å². The Balaban J connectivity index is 2.35. The zero-order chi connectivity index (χ0) is 11.8. The molecule has 1 aliphatic carbocycles. The number of Topliss-reactive ketones (excluding diaryl/α,β-unsaturated/α-hetero) is 1. The maximum atomic E-state index is 12.1. The first-order chi connectivity index (χ1) is 7.56. The van der Waals surface area contributed by atoms with Gasteiger partial charge >= 0.3 is 5.97 Å². The molecule has 1 aromatic rings. The lowest BCUT2D eigenvalue weighted by atomic mass is 9.64. The number of hydrogen-bond donors (Lipinski definition) is 1. The molecule has 0 radical (unpaired) electrons. The summed E-state index contributed by atoms with van der Waals surface area (Å²) in [7, 11) is 0. The molecule has 0 unspecified atom stereocenters. The molecule has 0 amide bonds. The van der Waals surface area contributed by atoms with Crippen LogP contribution in [0.15, 0.2) is 24.3 Å². The largest absolute Gasteiger partial charge is 0.480 e. The van der Waals surface area contributed by atoms with Gasteiger partial charge in [-0.25, -0.2) is 0 Å². The molecule has 4 heteroatoms. The molecule has 0 aromatic heterocycles. The first-order valence-electron chi connectivity index (χ1n) is 5.10. The summed E-state index contributed by atoms with van der Waals surface area (Å²) in [5, 5.41) is 9.58. The van der Waals surface area contributed by atoms with Crippen molar-refractivity contribution < 1.29 is 14.7 Å². The second kappa shape index (κ2) is 3.91. The molecule has 0 atom stereocenters. The number of aliphatic carboxylic acids is 1. The number of carboxylic acids is 1. The van der Waals surface area contributed by atoms with Crippen LogP contribution in [0, 0.1) is 5.41 Å². The lowest BCUT2D eigenvalue weighted by molar-refractivity contribution is -0.150. The molecule has 84 valence electrons. The van der Waals surface area contributed by atoms with E-state index >= 15 is 0 Å². The minimum atomic E-state index is -1.20. The molecule has 16 heavy (non-hydrogen) atoms. The molecule has 0 spiro atoms. The van der Waals surface area contributed by atoms with E-state index < -0.39 is 11.4 Å². The molecule has 0 saturated heterocycles. The molecule has 1 fully saturated rings. The number of carboxylic acid groups (broad SMARTS) is 1. The van der Waals surface area contributed by atoms with E-state index in [1.54, 1.807) is 18.2 Å². The zero-order valence-electron chi connectivity index (χ0n) is 8.57. The third kappa shape index (κ3) is 1.61. The molecule has 1 saturated carbocycles. The highest BCUT2D eigenvalue weighted by molar-refractivity contribution is 6.31. The summed E-state index contributed by atoms with van der Waals surface area (Å²) < 4.78 is 0. The number of halogens is 1. The van der Waals surface area contributed by atoms with E-state index in [1.807, 2.05) is 0 Å². The Labute approximate surface area is 98.0 Å². The molecular formula is C12H11ClO3. The molecule has 1 N–H and O–H groups in total. The first kappa shape index (κ1) is 11.1. The van der Waals surface area contributed by atoms with E-state index in [1.165, 1.54) is 6.07 Å². The van der Waals surface area contributed by atoms with Crippen molar-refractivity contribution in [3.63, 3.8) is 0 Å². The number of rotatable bonds is 3. The smallest absolute Gasteiger partial charge is 0.317 e. The lowest BCUT2D eigenvalue weighted by Crippen LogP contribution is -2.45. The second-order valence-corrected chi connectivity index (χ2v) is 4.52. The van der Waals surface area contributed by atoms with Crippen LogP contribution in [0.1, 0.15) is 29.6 Å². The minimum absolute atomic E-state index is 0.325. The van der Waals surface area contributed by atoms with Crippen molar-refractivity contribution in [1.82, 2.24) is 0 Å². The summed E-state index contributed by atoms with van der Waals surface area (Å²) in [4.78, 5) is 23.3. The highest BCUT2D eigenvalue weighted by Gasteiger charge is 2.51. The third-order valence-electron chi connectivity index (χ3n) is 3.14. The first-order valence-corrected chi connectivity index (χ1v) is 5.48. The van der Waals surface area contributed by atoms with Crippen LogP contribution in [0.3, 0.4) is 0 Å². The van der Waals surface area contributed by atoms with Gasteiger partial charge < -0.3 is 5.11 Å². The summed E-state index contributed by atoms with van der Waals surface area (Å²) in [5.74, 6) is -1.35. The van der Waals surface area contributed by atoms with Crippen molar-refractivity contribution in [2.45, 2.75) is 19.3 Å². The maximum absolute atomic E-state index is 12.1. The van der Waals surface area contributed by atoms with Crippen LogP contribution in [0.5, 0.6) is 0 Å². The van der Waals surface area contributed by atoms with Gasteiger partial charge in [0.05, 0.1) is 0 Å². The van der Waals surface area contributed by atoms with Gasteiger partial charge in [0.15, 0.2) is 5.78 Å². The van der Waals surface area contributed by atoms with Crippen LogP contribution < -0.4 is 0 Å². The Kier molecular flexibility index (Phi) is 2.72. The summed E-state index contributed by atoms with van der Waals surface area (Å²) in [6, 6.07) is 6.44. The highest BCUT2D eigenvalue weighted by Crippen LogP contribution is 2.44. The Bertz CT molecular complexity index is 449. The predicted molar refractivity (Wildman–Crippen MR) is 59.7 cm³/mol. The maximum Gasteiger partial charge on any atom is 0.317 e. The van der Waals surface area contributed by atoms with Crippen LogP contribution in [0.25, 0.3) is 0 Å². The van der Waals surface area contributed by atoms with E-state index in [9.17, 15) is 9.59 Å². The van der Waals surface area contributed by atoms with Crippen molar-refractivity contribution in [3.05, 3.63) is 34.9 Å². The second-order valence-electron chi connectivity index (χ2n) is 4.08.